The lowest BCUT2D eigenvalue weighted by Gasteiger charge is -2.48. The molecule has 120 valence electrons. The third-order valence-corrected chi connectivity index (χ3v) is 6.12. The fraction of sp³-hybridized carbons (Fsp3) is 0.833. The molecular formula is C18H32N2S. The van der Waals surface area contributed by atoms with Gasteiger partial charge in [-0.3, -0.25) is 0 Å². The molecule has 1 fully saturated rings. The Morgan fingerprint density at radius 2 is 2.10 bits per heavy atom. The molecule has 1 aromatic rings. The van der Waals surface area contributed by atoms with E-state index in [1.54, 1.807) is 0 Å². The fourth-order valence-corrected chi connectivity index (χ4v) is 4.95. The van der Waals surface area contributed by atoms with Crippen molar-refractivity contribution in [3.63, 3.8) is 0 Å². The number of aromatic nitrogens is 1. The lowest BCUT2D eigenvalue weighted by atomic mass is 9.64. The van der Waals surface area contributed by atoms with Crippen LogP contribution >= 0.6 is 11.3 Å². The van der Waals surface area contributed by atoms with Gasteiger partial charge in [0.15, 0.2) is 0 Å². The van der Waals surface area contributed by atoms with Gasteiger partial charge in [0, 0.05) is 5.38 Å². The minimum Gasteiger partial charge on any atom is -0.305 e. The normalized spacial score (nSPS) is 29.0. The van der Waals surface area contributed by atoms with E-state index in [1.807, 2.05) is 11.3 Å². The predicted molar refractivity (Wildman–Crippen MR) is 93.0 cm³/mol. The molecule has 0 bridgehead atoms. The van der Waals surface area contributed by atoms with E-state index in [0.29, 0.717) is 17.3 Å². The maximum absolute atomic E-state index is 5.01. The van der Waals surface area contributed by atoms with Crippen molar-refractivity contribution < 1.29 is 0 Å². The predicted octanol–water partition coefficient (Wildman–Crippen LogP) is 5.31. The van der Waals surface area contributed by atoms with Crippen LogP contribution in [-0.4, -0.2) is 11.5 Å². The van der Waals surface area contributed by atoms with Crippen molar-refractivity contribution >= 4 is 11.3 Å². The van der Waals surface area contributed by atoms with Crippen LogP contribution in [0, 0.1) is 11.3 Å². The summed E-state index contributed by atoms with van der Waals surface area (Å²) in [5.74, 6) is 1.16. The number of hydrogen-bond acceptors (Lipinski definition) is 3. The van der Waals surface area contributed by atoms with Gasteiger partial charge < -0.3 is 5.32 Å². The molecule has 0 spiro atoms. The van der Waals surface area contributed by atoms with Gasteiger partial charge >= 0.3 is 0 Å². The third kappa shape index (κ3) is 3.50. The Bertz CT molecular complexity index is 464. The first-order chi connectivity index (χ1) is 9.81. The molecule has 2 atom stereocenters. The van der Waals surface area contributed by atoms with Crippen molar-refractivity contribution in [2.24, 2.45) is 11.3 Å². The van der Waals surface area contributed by atoms with Crippen LogP contribution < -0.4 is 5.32 Å². The first kappa shape index (κ1) is 17.0. The third-order valence-electron chi connectivity index (χ3n) is 5.08. The number of hydrogen-bond donors (Lipinski definition) is 1. The number of rotatable bonds is 5. The van der Waals surface area contributed by atoms with Crippen LogP contribution in [0.4, 0.5) is 0 Å². The van der Waals surface area contributed by atoms with Gasteiger partial charge in [0.25, 0.3) is 0 Å². The van der Waals surface area contributed by atoms with E-state index >= 15 is 0 Å². The van der Waals surface area contributed by atoms with E-state index in [4.69, 9.17) is 4.98 Å². The second-order valence-corrected chi connectivity index (χ2v) is 8.76. The molecule has 1 saturated carbocycles. The van der Waals surface area contributed by atoms with E-state index in [9.17, 15) is 0 Å². The Morgan fingerprint density at radius 3 is 2.62 bits per heavy atom. The molecule has 1 aromatic heterocycles. The van der Waals surface area contributed by atoms with Crippen molar-refractivity contribution in [3.05, 3.63) is 16.1 Å². The molecule has 2 rings (SSSR count). The molecule has 3 heteroatoms. The van der Waals surface area contributed by atoms with Crippen LogP contribution in [0.5, 0.6) is 0 Å². The molecule has 0 radical (unpaired) electrons. The topological polar surface area (TPSA) is 24.9 Å². The summed E-state index contributed by atoms with van der Waals surface area (Å²) in [7, 11) is 0. The van der Waals surface area contributed by atoms with Gasteiger partial charge in [-0.2, -0.15) is 0 Å². The van der Waals surface area contributed by atoms with Crippen molar-refractivity contribution in [2.45, 2.75) is 78.7 Å². The average Bonchev–Trinajstić information content (AvgIpc) is 2.88. The molecule has 0 aliphatic heterocycles. The van der Waals surface area contributed by atoms with Crippen molar-refractivity contribution in [1.29, 1.82) is 0 Å². The lowest BCUT2D eigenvalue weighted by Crippen LogP contribution is -2.52. The molecule has 1 N–H and O–H groups in total. The molecule has 0 amide bonds. The first-order valence-electron chi connectivity index (χ1n) is 8.51. The summed E-state index contributed by atoms with van der Waals surface area (Å²) in [5, 5.41) is 7.48. The summed E-state index contributed by atoms with van der Waals surface area (Å²) in [6.45, 7) is 15.0. The SMILES string of the molecule is CCCNC1(c2nc(C(C)C)cs2)CCC(C)(C)CC1C. The highest BCUT2D eigenvalue weighted by Gasteiger charge is 2.46. The zero-order chi connectivity index (χ0) is 15.7. The Kier molecular flexibility index (Phi) is 5.15. The molecule has 21 heavy (non-hydrogen) atoms. The number of nitrogens with one attached hydrogen (secondary N) is 1. The highest BCUT2D eigenvalue weighted by Crippen LogP contribution is 2.49. The number of nitrogens with zero attached hydrogens (tertiary/aromatic N) is 1. The van der Waals surface area contributed by atoms with Crippen LogP contribution in [0.1, 0.15) is 83.8 Å². The molecule has 0 saturated heterocycles. The zero-order valence-electron chi connectivity index (χ0n) is 14.6. The zero-order valence-corrected chi connectivity index (χ0v) is 15.4. The Labute approximate surface area is 134 Å². The van der Waals surface area contributed by atoms with Crippen LogP contribution in [0.3, 0.4) is 0 Å². The average molecular weight is 309 g/mol. The largest absolute Gasteiger partial charge is 0.305 e. The van der Waals surface area contributed by atoms with E-state index in [1.165, 1.54) is 36.4 Å². The molecule has 1 aliphatic rings. The van der Waals surface area contributed by atoms with Gasteiger partial charge in [-0.15, -0.1) is 11.3 Å². The second kappa shape index (κ2) is 6.37. The van der Waals surface area contributed by atoms with E-state index in [2.05, 4.69) is 52.2 Å². The fourth-order valence-electron chi connectivity index (χ4n) is 3.65. The first-order valence-corrected chi connectivity index (χ1v) is 9.39. The summed E-state index contributed by atoms with van der Waals surface area (Å²) >= 11 is 1.86. The molecule has 1 aliphatic carbocycles. The van der Waals surface area contributed by atoms with Gasteiger partial charge in [-0.05, 0) is 49.5 Å². The minimum atomic E-state index is 0.101. The van der Waals surface area contributed by atoms with Gasteiger partial charge in [0.1, 0.15) is 5.01 Å². The monoisotopic (exact) mass is 308 g/mol. The maximum Gasteiger partial charge on any atom is 0.113 e. The van der Waals surface area contributed by atoms with Crippen LogP contribution in [0.15, 0.2) is 5.38 Å². The standard InChI is InChI=1S/C18H32N2S/c1-7-10-19-18(9-8-17(5,6)11-14(18)4)16-20-15(12-21-16)13(2)3/h12-14,19H,7-11H2,1-6H3. The van der Waals surface area contributed by atoms with Crippen LogP contribution in [0.2, 0.25) is 0 Å². The van der Waals surface area contributed by atoms with Gasteiger partial charge in [0.05, 0.1) is 11.2 Å². The van der Waals surface area contributed by atoms with E-state index in [0.717, 1.165) is 6.54 Å². The minimum absolute atomic E-state index is 0.101. The highest BCUT2D eigenvalue weighted by molar-refractivity contribution is 7.09. The van der Waals surface area contributed by atoms with E-state index in [-0.39, 0.29) is 5.54 Å². The van der Waals surface area contributed by atoms with Crippen LogP contribution in [0.25, 0.3) is 0 Å². The number of thiazole rings is 1. The molecule has 0 aromatic carbocycles. The van der Waals surface area contributed by atoms with Gasteiger partial charge in [0.2, 0.25) is 0 Å². The maximum atomic E-state index is 5.01. The summed E-state index contributed by atoms with van der Waals surface area (Å²) in [6.07, 6.45) is 4.96. The smallest absolute Gasteiger partial charge is 0.113 e. The van der Waals surface area contributed by atoms with Crippen LogP contribution in [-0.2, 0) is 5.54 Å². The lowest BCUT2D eigenvalue weighted by molar-refractivity contribution is 0.0715. The summed E-state index contributed by atoms with van der Waals surface area (Å²) in [6, 6.07) is 0. The Hall–Kier alpha value is -0.410. The van der Waals surface area contributed by atoms with Crippen molar-refractivity contribution in [3.8, 4) is 0 Å². The van der Waals surface area contributed by atoms with E-state index < -0.39 is 0 Å². The van der Waals surface area contributed by atoms with Crippen molar-refractivity contribution in [2.75, 3.05) is 6.54 Å². The summed E-state index contributed by atoms with van der Waals surface area (Å²) in [5.41, 5.74) is 1.82. The second-order valence-electron chi connectivity index (χ2n) is 7.90. The highest BCUT2D eigenvalue weighted by atomic mass is 32.1. The molecule has 1 heterocycles. The quantitative estimate of drug-likeness (QED) is 0.797. The Morgan fingerprint density at radius 1 is 1.38 bits per heavy atom. The van der Waals surface area contributed by atoms with Crippen molar-refractivity contribution in [1.82, 2.24) is 10.3 Å². The molecular weight excluding hydrogens is 276 g/mol. The van der Waals surface area contributed by atoms with Gasteiger partial charge in [-0.25, -0.2) is 4.98 Å². The molecule has 2 nitrogen and oxygen atoms in total. The Balaban J connectivity index is 2.32. The van der Waals surface area contributed by atoms with Gasteiger partial charge in [-0.1, -0.05) is 41.5 Å². The molecule has 2 unspecified atom stereocenters. The summed E-state index contributed by atoms with van der Waals surface area (Å²) < 4.78 is 0. The summed E-state index contributed by atoms with van der Waals surface area (Å²) in [4.78, 5) is 5.01.